The second kappa shape index (κ2) is 11.0. The summed E-state index contributed by atoms with van der Waals surface area (Å²) in [6.45, 7) is 5.96. The van der Waals surface area contributed by atoms with E-state index in [1.165, 1.54) is 0 Å². The van der Waals surface area contributed by atoms with E-state index in [0.29, 0.717) is 41.1 Å². The predicted molar refractivity (Wildman–Crippen MR) is 148 cm³/mol. The summed E-state index contributed by atoms with van der Waals surface area (Å²) in [5, 5.41) is 11.4. The van der Waals surface area contributed by atoms with Gasteiger partial charge in [-0.25, -0.2) is 14.6 Å². The molecule has 0 unspecified atom stereocenters. The minimum absolute atomic E-state index is 0.0284. The van der Waals surface area contributed by atoms with Crippen LogP contribution in [0.5, 0.6) is 5.75 Å². The number of nitrogens with zero attached hydrogens (tertiary/aromatic N) is 3. The van der Waals surface area contributed by atoms with Crippen molar-refractivity contribution in [2.45, 2.75) is 38.6 Å². The average Bonchev–Trinajstić information content (AvgIpc) is 3.30. The molecule has 4 heterocycles. The molecule has 1 N–H and O–H groups in total. The van der Waals surface area contributed by atoms with Gasteiger partial charge in [0.05, 0.1) is 35.6 Å². The Hall–Kier alpha value is -3.84. The zero-order chi connectivity index (χ0) is 28.6. The summed E-state index contributed by atoms with van der Waals surface area (Å²) in [5.41, 5.74) is 2.63. The van der Waals surface area contributed by atoms with Gasteiger partial charge in [-0.05, 0) is 44.8 Å². The Labute approximate surface area is 233 Å². The van der Waals surface area contributed by atoms with Crippen LogP contribution in [0.1, 0.15) is 35.6 Å². The fourth-order valence-corrected chi connectivity index (χ4v) is 6.27. The van der Waals surface area contributed by atoms with Gasteiger partial charge < -0.3 is 32.9 Å². The smallest absolute Gasteiger partial charge is 0.342 e. The van der Waals surface area contributed by atoms with Crippen molar-refractivity contribution in [3.8, 4) is 17.1 Å². The number of pyridine rings is 2. The molecule has 5 rings (SSSR count). The van der Waals surface area contributed by atoms with Crippen LogP contribution >= 0.6 is 0 Å². The van der Waals surface area contributed by atoms with Crippen LogP contribution in [0.4, 0.5) is 0 Å². The van der Waals surface area contributed by atoms with E-state index in [-0.39, 0.29) is 37.6 Å². The summed E-state index contributed by atoms with van der Waals surface area (Å²) in [5.74, 6) is -0.936. The van der Waals surface area contributed by atoms with Crippen LogP contribution in [0.25, 0.3) is 22.3 Å². The van der Waals surface area contributed by atoms with Crippen molar-refractivity contribution in [1.82, 2.24) is 14.5 Å². The zero-order valence-electron chi connectivity index (χ0n) is 22.7. The maximum atomic E-state index is 13.7. The van der Waals surface area contributed by atoms with Crippen LogP contribution in [0, 0.1) is 0 Å². The number of esters is 2. The Morgan fingerprint density at radius 2 is 2.10 bits per heavy atom. The van der Waals surface area contributed by atoms with Crippen molar-refractivity contribution in [1.29, 1.82) is 0 Å². The van der Waals surface area contributed by atoms with Crippen molar-refractivity contribution < 1.29 is 33.0 Å². The summed E-state index contributed by atoms with van der Waals surface area (Å²) in [7, 11) is 2.13. The monoisotopic (exact) mass is 565 g/mol. The number of aromatic hydroxyl groups is 1. The van der Waals surface area contributed by atoms with Gasteiger partial charge in [0, 0.05) is 34.7 Å². The van der Waals surface area contributed by atoms with Crippen molar-refractivity contribution >= 4 is 32.8 Å². The number of cyclic esters (lactones) is 1. The summed E-state index contributed by atoms with van der Waals surface area (Å²) in [6.07, 6.45) is 1.29. The largest absolute Gasteiger partial charge is 0.508 e. The first-order valence-corrected chi connectivity index (χ1v) is 14.1. The van der Waals surface area contributed by atoms with E-state index < -0.39 is 27.5 Å². The topological polar surface area (TPSA) is 129 Å². The number of benzene rings is 1. The Kier molecular flexibility index (Phi) is 7.60. The molecule has 0 aliphatic carbocycles. The van der Waals surface area contributed by atoms with Gasteiger partial charge >= 0.3 is 21.9 Å². The molecule has 11 nitrogen and oxygen atoms in total. The lowest BCUT2D eigenvalue weighted by Gasteiger charge is -2.36. The molecule has 0 spiro atoms. The first-order valence-electron chi connectivity index (χ1n) is 12.9. The number of phenols is 1. The average molecular weight is 566 g/mol. The molecular formula is C28H31N3O8Si. The Morgan fingerprint density at radius 1 is 1.30 bits per heavy atom. The number of hydrogen-bond acceptors (Lipinski definition) is 10. The zero-order valence-corrected chi connectivity index (χ0v) is 24.1. The molecule has 0 fully saturated rings. The van der Waals surface area contributed by atoms with Crippen LogP contribution in [0.15, 0.2) is 41.7 Å². The standard InChI is InChI=1S/C28H31N3O8Si/c1-5-24(33)36-9-10-38-40-39-28(6-2)20-12-22-25-16(13-31(22)26(34)19(20)15-37-27(28)35)11-17-18(14-30(3)4)23(32)8-7-21(17)29-25/h5,7-8,11-12,32H,1,6,9-10,13-15,40H2,2-4H3/t28-/m0/s1. The fraction of sp³-hybridized carbons (Fsp3) is 0.357. The van der Waals surface area contributed by atoms with E-state index in [2.05, 4.69) is 6.58 Å². The SMILES string of the molecule is C=CC(=O)OCCO[SiH2]O[C@]1(CC)C(=O)OCc2c1cc1n(c2=O)Cc2cc3c(CN(C)C)c(O)ccc3nc2-1. The third-order valence-electron chi connectivity index (χ3n) is 7.25. The number of carbonyl (C=O) groups excluding carboxylic acids is 2. The molecule has 210 valence electrons. The molecule has 2 aromatic heterocycles. The molecule has 0 radical (unpaired) electrons. The molecule has 2 aliphatic rings. The molecular weight excluding hydrogens is 534 g/mol. The third-order valence-corrected chi connectivity index (χ3v) is 8.31. The number of rotatable bonds is 10. The Morgan fingerprint density at radius 3 is 2.83 bits per heavy atom. The minimum Gasteiger partial charge on any atom is -0.508 e. The van der Waals surface area contributed by atoms with Gasteiger partial charge in [0.1, 0.15) is 19.0 Å². The molecule has 12 heteroatoms. The lowest BCUT2D eigenvalue weighted by molar-refractivity contribution is -0.170. The summed E-state index contributed by atoms with van der Waals surface area (Å²) >= 11 is 0. The van der Waals surface area contributed by atoms with Crippen LogP contribution in [0.2, 0.25) is 0 Å². The fourth-order valence-electron chi connectivity index (χ4n) is 5.27. The van der Waals surface area contributed by atoms with E-state index >= 15 is 0 Å². The summed E-state index contributed by atoms with van der Waals surface area (Å²) in [6, 6.07) is 7.18. The highest BCUT2D eigenvalue weighted by Gasteiger charge is 2.48. The van der Waals surface area contributed by atoms with E-state index in [0.717, 1.165) is 22.6 Å². The van der Waals surface area contributed by atoms with Gasteiger partial charge in [0.15, 0.2) is 5.60 Å². The molecule has 0 amide bonds. The highest BCUT2D eigenvalue weighted by Crippen LogP contribution is 2.41. The second-order valence-electron chi connectivity index (χ2n) is 9.98. The van der Waals surface area contributed by atoms with Crippen molar-refractivity contribution in [2.24, 2.45) is 0 Å². The van der Waals surface area contributed by atoms with Crippen LogP contribution in [0.3, 0.4) is 0 Å². The highest BCUT2D eigenvalue weighted by molar-refractivity contribution is 6.19. The summed E-state index contributed by atoms with van der Waals surface area (Å²) < 4.78 is 23.7. The quantitative estimate of drug-likeness (QED) is 0.131. The number of fused-ring (bicyclic) bond motifs is 5. The van der Waals surface area contributed by atoms with Crippen LogP contribution in [-0.4, -0.2) is 68.8 Å². The lowest BCUT2D eigenvalue weighted by Crippen LogP contribution is -2.47. The Balaban J connectivity index is 1.52. The van der Waals surface area contributed by atoms with Gasteiger partial charge in [-0.1, -0.05) is 13.5 Å². The highest BCUT2D eigenvalue weighted by atomic mass is 28.3. The second-order valence-corrected chi connectivity index (χ2v) is 10.9. The molecule has 1 atom stereocenters. The predicted octanol–water partition coefficient (Wildman–Crippen LogP) is 1.62. The first-order chi connectivity index (χ1) is 19.2. The number of phenolic OH excluding ortho intramolecular Hbond substituents is 1. The van der Waals surface area contributed by atoms with Crippen molar-refractivity contribution in [3.63, 3.8) is 0 Å². The maximum absolute atomic E-state index is 13.7. The van der Waals surface area contributed by atoms with Crippen LogP contribution in [-0.2, 0) is 53.2 Å². The van der Waals surface area contributed by atoms with Crippen molar-refractivity contribution in [2.75, 3.05) is 27.3 Å². The molecule has 0 bridgehead atoms. The maximum Gasteiger partial charge on any atom is 0.342 e. The molecule has 0 saturated heterocycles. The van der Waals surface area contributed by atoms with Crippen LogP contribution < -0.4 is 5.56 Å². The molecule has 2 aliphatic heterocycles. The lowest BCUT2D eigenvalue weighted by atomic mass is 9.86. The Bertz CT molecular complexity index is 1580. The van der Waals surface area contributed by atoms with E-state index in [1.54, 1.807) is 23.6 Å². The molecule has 40 heavy (non-hydrogen) atoms. The minimum atomic E-state index is -1.72. The first kappa shape index (κ1) is 27.7. The molecule has 0 saturated carbocycles. The van der Waals surface area contributed by atoms with E-state index in [4.69, 9.17) is 23.3 Å². The molecule has 1 aromatic carbocycles. The van der Waals surface area contributed by atoms with Crippen molar-refractivity contribution in [3.05, 3.63) is 69.5 Å². The normalized spacial score (nSPS) is 17.6. The number of ether oxygens (including phenoxy) is 2. The van der Waals surface area contributed by atoms with E-state index in [9.17, 15) is 19.5 Å². The number of aromatic nitrogens is 2. The summed E-state index contributed by atoms with van der Waals surface area (Å²) in [4.78, 5) is 44.9. The third kappa shape index (κ3) is 4.72. The van der Waals surface area contributed by atoms with Gasteiger partial charge in [0.25, 0.3) is 5.56 Å². The van der Waals surface area contributed by atoms with Gasteiger partial charge in [0.2, 0.25) is 0 Å². The van der Waals surface area contributed by atoms with Gasteiger partial charge in [-0.15, -0.1) is 0 Å². The van der Waals surface area contributed by atoms with Gasteiger partial charge in [-0.3, -0.25) is 4.79 Å². The number of hydrogen-bond donors (Lipinski definition) is 1. The van der Waals surface area contributed by atoms with E-state index in [1.807, 2.05) is 31.1 Å². The van der Waals surface area contributed by atoms with Gasteiger partial charge in [-0.2, -0.15) is 0 Å². The number of carbonyl (C=O) groups is 2. The molecule has 3 aromatic rings.